The van der Waals surface area contributed by atoms with Crippen molar-refractivity contribution in [2.45, 2.75) is 18.2 Å². The molecule has 1 amide bonds. The van der Waals surface area contributed by atoms with Gasteiger partial charge in [-0.15, -0.1) is 11.3 Å². The fraction of sp³-hybridized carbons (Fsp3) is 0.190. The van der Waals surface area contributed by atoms with Crippen LogP contribution in [0.4, 0.5) is 5.69 Å². The Bertz CT molecular complexity index is 1080. The number of thiophene rings is 1. The van der Waals surface area contributed by atoms with Gasteiger partial charge in [-0.1, -0.05) is 12.1 Å². The third kappa shape index (κ3) is 5.36. The first-order chi connectivity index (χ1) is 13.9. The van der Waals surface area contributed by atoms with Crippen molar-refractivity contribution in [3.63, 3.8) is 0 Å². The Labute approximate surface area is 174 Å². The summed E-state index contributed by atoms with van der Waals surface area (Å²) in [6.07, 6.45) is 0.736. The Kier molecular flexibility index (Phi) is 6.56. The smallest absolute Gasteiger partial charge is 0.262 e. The minimum absolute atomic E-state index is 0.0687. The minimum atomic E-state index is -3.84. The van der Waals surface area contributed by atoms with Crippen molar-refractivity contribution in [1.82, 2.24) is 5.32 Å². The predicted molar refractivity (Wildman–Crippen MR) is 115 cm³/mol. The number of benzene rings is 2. The van der Waals surface area contributed by atoms with Crippen LogP contribution in [0.2, 0.25) is 0 Å². The van der Waals surface area contributed by atoms with Crippen LogP contribution in [0.3, 0.4) is 0 Å². The van der Waals surface area contributed by atoms with Crippen LogP contribution in [0.1, 0.15) is 20.8 Å². The zero-order chi connectivity index (χ0) is 20.9. The highest BCUT2D eigenvalue weighted by molar-refractivity contribution is 7.92. The molecule has 0 fully saturated rings. The zero-order valence-corrected chi connectivity index (χ0v) is 17.8. The summed E-state index contributed by atoms with van der Waals surface area (Å²) in [5.74, 6) is 0.327. The summed E-state index contributed by atoms with van der Waals surface area (Å²) < 4.78 is 33.3. The van der Waals surface area contributed by atoms with Crippen molar-refractivity contribution in [2.24, 2.45) is 0 Å². The molecule has 1 heterocycles. The molecule has 0 aliphatic rings. The summed E-state index contributed by atoms with van der Waals surface area (Å²) in [5, 5.41) is 4.83. The maximum absolute atomic E-state index is 12.8. The van der Waals surface area contributed by atoms with Crippen molar-refractivity contribution >= 4 is 33.0 Å². The van der Waals surface area contributed by atoms with Crippen molar-refractivity contribution in [3.05, 3.63) is 76.0 Å². The van der Waals surface area contributed by atoms with E-state index in [1.165, 1.54) is 10.9 Å². The maximum Gasteiger partial charge on any atom is 0.262 e. The number of methoxy groups -OCH3 is 1. The van der Waals surface area contributed by atoms with E-state index in [9.17, 15) is 13.2 Å². The van der Waals surface area contributed by atoms with Crippen molar-refractivity contribution in [3.8, 4) is 5.75 Å². The molecule has 3 aromatic rings. The van der Waals surface area contributed by atoms with Crippen molar-refractivity contribution in [2.75, 3.05) is 18.4 Å². The van der Waals surface area contributed by atoms with E-state index in [-0.39, 0.29) is 10.8 Å². The van der Waals surface area contributed by atoms with Crippen LogP contribution in [0, 0.1) is 6.92 Å². The Morgan fingerprint density at radius 2 is 1.86 bits per heavy atom. The SMILES string of the molecule is COc1ccc(NS(=O)(=O)c2cc(C(=O)NCCc3cccs3)ccc2C)cc1. The third-order valence-electron chi connectivity index (χ3n) is 4.32. The van der Waals surface area contributed by atoms with E-state index in [0.29, 0.717) is 29.1 Å². The molecule has 29 heavy (non-hydrogen) atoms. The largest absolute Gasteiger partial charge is 0.497 e. The number of aryl methyl sites for hydroxylation is 1. The van der Waals surface area contributed by atoms with Gasteiger partial charge < -0.3 is 10.1 Å². The summed E-state index contributed by atoms with van der Waals surface area (Å²) in [6.45, 7) is 2.18. The number of sulfonamides is 1. The van der Waals surface area contributed by atoms with Gasteiger partial charge in [-0.3, -0.25) is 9.52 Å². The van der Waals surface area contributed by atoms with Gasteiger partial charge >= 0.3 is 0 Å². The fourth-order valence-corrected chi connectivity index (χ4v) is 4.80. The first-order valence-electron chi connectivity index (χ1n) is 8.97. The van der Waals surface area contributed by atoms with E-state index in [1.54, 1.807) is 61.8 Å². The van der Waals surface area contributed by atoms with E-state index >= 15 is 0 Å². The van der Waals surface area contributed by atoms with Crippen molar-refractivity contribution in [1.29, 1.82) is 0 Å². The molecule has 1 aromatic heterocycles. The quantitative estimate of drug-likeness (QED) is 0.569. The van der Waals surface area contributed by atoms with Crippen LogP contribution in [-0.4, -0.2) is 28.0 Å². The molecule has 0 radical (unpaired) electrons. The van der Waals surface area contributed by atoms with Crippen LogP contribution in [0.25, 0.3) is 0 Å². The standard InChI is InChI=1S/C21H22N2O4S2/c1-15-5-6-16(21(24)22-12-11-19-4-3-13-28-19)14-20(15)29(25,26)23-17-7-9-18(27-2)10-8-17/h3-10,13-14,23H,11-12H2,1-2H3,(H,22,24). The van der Waals surface area contributed by atoms with Crippen LogP contribution in [0.5, 0.6) is 5.75 Å². The number of ether oxygens (including phenoxy) is 1. The van der Waals surface area contributed by atoms with Crippen LogP contribution in [0.15, 0.2) is 64.9 Å². The number of rotatable bonds is 8. The molecule has 8 heteroatoms. The lowest BCUT2D eigenvalue weighted by Crippen LogP contribution is -2.26. The molecule has 6 nitrogen and oxygen atoms in total. The second kappa shape index (κ2) is 9.11. The molecule has 0 spiro atoms. The van der Waals surface area contributed by atoms with Gasteiger partial charge in [0.25, 0.3) is 15.9 Å². The zero-order valence-electron chi connectivity index (χ0n) is 16.1. The topological polar surface area (TPSA) is 84.5 Å². The Morgan fingerprint density at radius 3 is 2.52 bits per heavy atom. The molecule has 0 saturated carbocycles. The number of anilines is 1. The number of carbonyl (C=O) groups excluding carboxylic acids is 1. The second-order valence-corrected chi connectivity index (χ2v) is 9.08. The number of nitrogens with one attached hydrogen (secondary N) is 2. The molecular weight excluding hydrogens is 408 g/mol. The molecule has 2 aromatic carbocycles. The molecule has 3 rings (SSSR count). The lowest BCUT2D eigenvalue weighted by atomic mass is 10.1. The van der Waals surface area contributed by atoms with E-state index in [4.69, 9.17) is 4.74 Å². The first kappa shape index (κ1) is 20.9. The molecule has 0 bridgehead atoms. The van der Waals surface area contributed by atoms with Crippen LogP contribution in [-0.2, 0) is 16.4 Å². The molecule has 0 atom stereocenters. The molecule has 2 N–H and O–H groups in total. The van der Waals surface area contributed by atoms with Gasteiger partial charge in [-0.05, 0) is 66.8 Å². The average Bonchev–Trinajstić information content (AvgIpc) is 3.22. The number of amides is 1. The summed E-state index contributed by atoms with van der Waals surface area (Å²) in [4.78, 5) is 13.7. The third-order valence-corrected chi connectivity index (χ3v) is 6.78. The normalized spacial score (nSPS) is 11.1. The summed E-state index contributed by atoms with van der Waals surface area (Å²) in [6, 6.07) is 15.2. The summed E-state index contributed by atoms with van der Waals surface area (Å²) in [5.41, 5.74) is 1.27. The number of hydrogen-bond donors (Lipinski definition) is 2. The van der Waals surface area contributed by atoms with E-state index in [2.05, 4.69) is 10.0 Å². The van der Waals surface area contributed by atoms with Gasteiger partial charge in [-0.2, -0.15) is 0 Å². The fourth-order valence-electron chi connectivity index (χ4n) is 2.76. The highest BCUT2D eigenvalue weighted by Crippen LogP contribution is 2.22. The predicted octanol–water partition coefficient (Wildman–Crippen LogP) is 3.84. The lowest BCUT2D eigenvalue weighted by Gasteiger charge is -2.12. The molecule has 152 valence electrons. The lowest BCUT2D eigenvalue weighted by molar-refractivity contribution is 0.0954. The Hall–Kier alpha value is -2.84. The second-order valence-electron chi connectivity index (χ2n) is 6.40. The van der Waals surface area contributed by atoms with Crippen LogP contribution >= 0.6 is 11.3 Å². The van der Waals surface area contributed by atoms with Crippen molar-refractivity contribution < 1.29 is 17.9 Å². The highest BCUT2D eigenvalue weighted by Gasteiger charge is 2.19. The maximum atomic E-state index is 12.8. The van der Waals surface area contributed by atoms with E-state index in [1.807, 2.05) is 17.5 Å². The monoisotopic (exact) mass is 430 g/mol. The summed E-state index contributed by atoms with van der Waals surface area (Å²) in [7, 11) is -2.30. The minimum Gasteiger partial charge on any atom is -0.497 e. The highest BCUT2D eigenvalue weighted by atomic mass is 32.2. The Morgan fingerprint density at radius 1 is 1.10 bits per heavy atom. The van der Waals surface area contributed by atoms with Gasteiger partial charge in [0, 0.05) is 22.7 Å². The van der Waals surface area contributed by atoms with Gasteiger partial charge in [0.2, 0.25) is 0 Å². The van der Waals surface area contributed by atoms with E-state index in [0.717, 1.165) is 6.42 Å². The van der Waals surface area contributed by atoms with Gasteiger partial charge in [0.1, 0.15) is 5.75 Å². The molecule has 0 aliphatic heterocycles. The van der Waals surface area contributed by atoms with Gasteiger partial charge in [-0.25, -0.2) is 8.42 Å². The first-order valence-corrected chi connectivity index (χ1v) is 11.3. The summed E-state index contributed by atoms with van der Waals surface area (Å²) >= 11 is 1.63. The van der Waals surface area contributed by atoms with Gasteiger partial charge in [0.05, 0.1) is 12.0 Å². The molecular formula is C21H22N2O4S2. The molecule has 0 aliphatic carbocycles. The number of hydrogen-bond acceptors (Lipinski definition) is 5. The number of carbonyl (C=O) groups is 1. The van der Waals surface area contributed by atoms with Gasteiger partial charge in [0.15, 0.2) is 0 Å². The van der Waals surface area contributed by atoms with E-state index < -0.39 is 10.0 Å². The average molecular weight is 431 g/mol. The molecule has 0 saturated heterocycles. The Balaban J connectivity index is 1.73. The van der Waals surface area contributed by atoms with Crippen LogP contribution < -0.4 is 14.8 Å². The molecule has 0 unspecified atom stereocenters.